The van der Waals surface area contributed by atoms with Crippen LogP contribution < -0.4 is 5.32 Å². The van der Waals surface area contributed by atoms with Crippen LogP contribution in [0.25, 0.3) is 0 Å². The monoisotopic (exact) mass is 239 g/mol. The molecule has 2 saturated heterocycles. The summed E-state index contributed by atoms with van der Waals surface area (Å²) in [5.74, 6) is 0. The Morgan fingerprint density at radius 3 is 2.47 bits per heavy atom. The first-order valence-electron chi connectivity index (χ1n) is 6.92. The first-order valence-corrected chi connectivity index (χ1v) is 6.92. The van der Waals surface area contributed by atoms with Crippen LogP contribution in [0.3, 0.4) is 0 Å². The first kappa shape index (κ1) is 13.3. The summed E-state index contributed by atoms with van der Waals surface area (Å²) in [6.07, 6.45) is 2.34. The Hall–Kier alpha value is -0.0951. The zero-order valence-corrected chi connectivity index (χ0v) is 11.4. The van der Waals surface area contributed by atoms with Gasteiger partial charge in [-0.15, -0.1) is 0 Å². The van der Waals surface area contributed by atoms with Crippen LogP contribution in [0.1, 0.15) is 26.7 Å². The molecule has 2 rings (SSSR count). The maximum atomic E-state index is 9.60. The molecule has 0 aromatic carbocycles. The van der Waals surface area contributed by atoms with Crippen molar-refractivity contribution in [2.24, 2.45) is 0 Å². The maximum absolute atomic E-state index is 9.60. The minimum Gasteiger partial charge on any atom is -0.437 e. The second kappa shape index (κ2) is 5.27. The summed E-state index contributed by atoms with van der Waals surface area (Å²) < 4.78 is 0. The molecule has 1 unspecified atom stereocenters. The first-order chi connectivity index (χ1) is 8.01. The topological polar surface area (TPSA) is 38.7 Å². The van der Waals surface area contributed by atoms with Gasteiger partial charge in [0.2, 0.25) is 0 Å². The van der Waals surface area contributed by atoms with Crippen LogP contribution in [0.2, 0.25) is 6.82 Å². The highest BCUT2D eigenvalue weighted by Crippen LogP contribution is 2.29. The van der Waals surface area contributed by atoms with Gasteiger partial charge in [0.1, 0.15) is 0 Å². The van der Waals surface area contributed by atoms with Crippen molar-refractivity contribution >= 4 is 7.05 Å². The second-order valence-electron chi connectivity index (χ2n) is 5.97. The van der Waals surface area contributed by atoms with Gasteiger partial charge in [0.15, 0.2) is 0 Å². The molecule has 0 aromatic heterocycles. The van der Waals surface area contributed by atoms with E-state index in [4.69, 9.17) is 0 Å². The molecule has 0 saturated carbocycles. The smallest absolute Gasteiger partial charge is 0.376 e. The lowest BCUT2D eigenvalue weighted by atomic mass is 9.78. The van der Waals surface area contributed by atoms with Crippen molar-refractivity contribution in [1.82, 2.24) is 15.0 Å². The number of nitrogens with one attached hydrogen (secondary N) is 1. The van der Waals surface area contributed by atoms with Crippen LogP contribution in [0.5, 0.6) is 0 Å². The van der Waals surface area contributed by atoms with Gasteiger partial charge >= 0.3 is 7.05 Å². The zero-order valence-electron chi connectivity index (χ0n) is 11.4. The Kier molecular flexibility index (Phi) is 4.13. The molecule has 2 fully saturated rings. The highest BCUT2D eigenvalue weighted by molar-refractivity contribution is 6.45. The normalized spacial score (nSPS) is 31.4. The zero-order chi connectivity index (χ0) is 12.5. The molecular weight excluding hydrogens is 213 g/mol. The average molecular weight is 239 g/mol. The fourth-order valence-electron chi connectivity index (χ4n) is 3.12. The third-order valence-corrected chi connectivity index (χ3v) is 4.54. The van der Waals surface area contributed by atoms with Gasteiger partial charge in [-0.05, 0) is 46.6 Å². The van der Waals surface area contributed by atoms with Gasteiger partial charge in [-0.25, -0.2) is 0 Å². The van der Waals surface area contributed by atoms with Crippen molar-refractivity contribution in [3.05, 3.63) is 0 Å². The third-order valence-electron chi connectivity index (χ3n) is 4.54. The number of hydrogen-bond acceptors (Lipinski definition) is 4. The number of piperazine rings is 1. The Labute approximate surface area is 105 Å². The predicted octanol–water partition coefficient (Wildman–Crippen LogP) is 0.245. The van der Waals surface area contributed by atoms with E-state index in [1.807, 2.05) is 6.82 Å². The summed E-state index contributed by atoms with van der Waals surface area (Å²) in [6.45, 7) is 12.0. The summed E-state index contributed by atoms with van der Waals surface area (Å²) in [6, 6.07) is 0.607. The van der Waals surface area contributed by atoms with Crippen LogP contribution in [-0.2, 0) is 0 Å². The molecule has 0 bridgehead atoms. The van der Waals surface area contributed by atoms with Crippen molar-refractivity contribution in [2.75, 3.05) is 32.7 Å². The van der Waals surface area contributed by atoms with Crippen molar-refractivity contribution < 1.29 is 5.02 Å². The molecule has 0 aromatic rings. The van der Waals surface area contributed by atoms with Crippen molar-refractivity contribution in [3.8, 4) is 0 Å². The van der Waals surface area contributed by atoms with Gasteiger partial charge in [-0.2, -0.15) is 0 Å². The fraction of sp³-hybridized carbons (Fsp3) is 1.00. The lowest BCUT2D eigenvalue weighted by molar-refractivity contribution is 0.0301. The highest BCUT2D eigenvalue weighted by Gasteiger charge is 2.38. The average Bonchev–Trinajstić information content (AvgIpc) is 2.29. The molecular formula is C12H26BN3O. The van der Waals surface area contributed by atoms with E-state index in [1.54, 1.807) is 0 Å². The highest BCUT2D eigenvalue weighted by atomic mass is 16.2. The Bertz CT molecular complexity index is 254. The van der Waals surface area contributed by atoms with E-state index in [0.717, 1.165) is 32.7 Å². The lowest BCUT2D eigenvalue weighted by Crippen LogP contribution is -2.61. The lowest BCUT2D eigenvalue weighted by Gasteiger charge is -2.49. The number of rotatable bonds is 2. The maximum Gasteiger partial charge on any atom is 0.376 e. The summed E-state index contributed by atoms with van der Waals surface area (Å²) in [4.78, 5) is 4.82. The van der Waals surface area contributed by atoms with Gasteiger partial charge < -0.3 is 15.2 Å². The van der Waals surface area contributed by atoms with E-state index in [-0.39, 0.29) is 7.05 Å². The van der Waals surface area contributed by atoms with Crippen molar-refractivity contribution in [1.29, 1.82) is 0 Å². The van der Waals surface area contributed by atoms with Gasteiger partial charge in [-0.3, -0.25) is 4.90 Å². The third kappa shape index (κ3) is 3.02. The van der Waals surface area contributed by atoms with Crippen molar-refractivity contribution in [2.45, 2.75) is 45.1 Å². The Morgan fingerprint density at radius 2 is 1.94 bits per heavy atom. The Balaban J connectivity index is 1.92. The molecule has 2 aliphatic rings. The number of piperidine rings is 1. The SMILES string of the molecule is CB(O)N1CCC(C)(N2CCNC(C)C2)CC1. The molecule has 5 heteroatoms. The second-order valence-corrected chi connectivity index (χ2v) is 5.97. The molecule has 1 atom stereocenters. The molecule has 2 N–H and O–H groups in total. The van der Waals surface area contributed by atoms with Crippen molar-refractivity contribution in [3.63, 3.8) is 0 Å². The largest absolute Gasteiger partial charge is 0.437 e. The van der Waals surface area contributed by atoms with E-state index in [1.165, 1.54) is 12.8 Å². The minimum atomic E-state index is -0.290. The van der Waals surface area contributed by atoms with Gasteiger partial charge in [0.05, 0.1) is 0 Å². The molecule has 2 aliphatic heterocycles. The van der Waals surface area contributed by atoms with E-state index in [2.05, 4.69) is 28.9 Å². The molecule has 0 spiro atoms. The summed E-state index contributed by atoms with van der Waals surface area (Å²) in [5.41, 5.74) is 0.335. The van der Waals surface area contributed by atoms with E-state index in [0.29, 0.717) is 11.6 Å². The number of hydrogen-bond donors (Lipinski definition) is 2. The van der Waals surface area contributed by atoms with Crippen LogP contribution in [0.4, 0.5) is 0 Å². The van der Waals surface area contributed by atoms with E-state index in [9.17, 15) is 5.02 Å². The summed E-state index contributed by atoms with van der Waals surface area (Å²) in [7, 11) is -0.290. The van der Waals surface area contributed by atoms with Crippen LogP contribution in [0, 0.1) is 0 Å². The van der Waals surface area contributed by atoms with E-state index >= 15 is 0 Å². The van der Waals surface area contributed by atoms with E-state index < -0.39 is 0 Å². The molecule has 0 aliphatic carbocycles. The van der Waals surface area contributed by atoms with Gasteiger partial charge in [-0.1, -0.05) is 0 Å². The number of nitrogens with zero attached hydrogens (tertiary/aromatic N) is 2. The predicted molar refractivity (Wildman–Crippen MR) is 72.1 cm³/mol. The summed E-state index contributed by atoms with van der Waals surface area (Å²) >= 11 is 0. The molecule has 0 amide bonds. The molecule has 2 heterocycles. The Morgan fingerprint density at radius 1 is 1.29 bits per heavy atom. The standard InChI is InChI=1S/C12H26BN3O/c1-11-10-15(9-6-14-11)12(2)4-7-16(8-5-12)13(3)17/h11,14,17H,4-10H2,1-3H3. The molecule has 0 radical (unpaired) electrons. The van der Waals surface area contributed by atoms with Gasteiger partial charge in [0, 0.05) is 31.2 Å². The molecule has 17 heavy (non-hydrogen) atoms. The van der Waals surface area contributed by atoms with Crippen LogP contribution >= 0.6 is 0 Å². The molecule has 98 valence electrons. The van der Waals surface area contributed by atoms with Crippen LogP contribution in [0.15, 0.2) is 0 Å². The fourth-order valence-corrected chi connectivity index (χ4v) is 3.12. The van der Waals surface area contributed by atoms with Crippen LogP contribution in [-0.4, -0.2) is 66.1 Å². The van der Waals surface area contributed by atoms with Gasteiger partial charge in [0.25, 0.3) is 0 Å². The minimum absolute atomic E-state index is 0.290. The summed E-state index contributed by atoms with van der Waals surface area (Å²) in [5, 5.41) is 13.1. The molecule has 4 nitrogen and oxygen atoms in total. The quantitative estimate of drug-likeness (QED) is 0.677.